The van der Waals surface area contributed by atoms with E-state index in [-0.39, 0.29) is 17.9 Å². The van der Waals surface area contributed by atoms with Crippen LogP contribution in [0.1, 0.15) is 37.6 Å². The molecule has 1 amide bonds. The minimum Gasteiger partial charge on any atom is -0.396 e. The molecule has 130 valence electrons. The van der Waals surface area contributed by atoms with Crippen molar-refractivity contribution in [1.82, 2.24) is 19.7 Å². The zero-order valence-electron chi connectivity index (χ0n) is 14.9. The average Bonchev–Trinajstić information content (AvgIpc) is 2.96. The van der Waals surface area contributed by atoms with Crippen LogP contribution in [-0.4, -0.2) is 50.4 Å². The van der Waals surface area contributed by atoms with Crippen LogP contribution in [-0.2, 0) is 7.05 Å². The summed E-state index contributed by atoms with van der Waals surface area (Å²) in [6.45, 7) is 7.58. The summed E-state index contributed by atoms with van der Waals surface area (Å²) in [5.41, 5.74) is 1.52. The zero-order valence-corrected chi connectivity index (χ0v) is 14.9. The lowest BCUT2D eigenvalue weighted by Crippen LogP contribution is -2.38. The number of amides is 1. The van der Waals surface area contributed by atoms with E-state index in [4.69, 9.17) is 5.11 Å². The molecule has 2 aromatic rings. The molecule has 1 aromatic carbocycles. The van der Waals surface area contributed by atoms with Gasteiger partial charge in [0.25, 0.3) is 5.91 Å². The van der Waals surface area contributed by atoms with Gasteiger partial charge < -0.3 is 10.0 Å². The number of benzene rings is 1. The van der Waals surface area contributed by atoms with Crippen LogP contribution in [0.25, 0.3) is 11.4 Å². The number of rotatable bonds is 6. The monoisotopic (exact) mass is 330 g/mol. The van der Waals surface area contributed by atoms with Crippen LogP contribution < -0.4 is 0 Å². The van der Waals surface area contributed by atoms with Crippen molar-refractivity contribution in [1.29, 1.82) is 0 Å². The van der Waals surface area contributed by atoms with Crippen LogP contribution in [0.3, 0.4) is 0 Å². The molecule has 6 nitrogen and oxygen atoms in total. The Bertz CT molecular complexity index is 671. The molecule has 0 atom stereocenters. The SMILES string of the molecule is Cn1cnc(-c2ccc(C(=O)N(CCCO)CC(C)(C)C)cc2)n1. The summed E-state index contributed by atoms with van der Waals surface area (Å²) in [6.07, 6.45) is 2.23. The number of carbonyl (C=O) groups is 1. The number of aliphatic hydroxyl groups is 1. The summed E-state index contributed by atoms with van der Waals surface area (Å²) in [7, 11) is 1.82. The number of nitrogens with zero attached hydrogens (tertiary/aromatic N) is 4. The van der Waals surface area contributed by atoms with E-state index < -0.39 is 0 Å². The fourth-order valence-electron chi connectivity index (χ4n) is 2.50. The number of hydrogen-bond donors (Lipinski definition) is 1. The molecule has 0 radical (unpaired) electrons. The van der Waals surface area contributed by atoms with Gasteiger partial charge in [-0.05, 0) is 24.0 Å². The van der Waals surface area contributed by atoms with Crippen LogP contribution in [0.4, 0.5) is 0 Å². The van der Waals surface area contributed by atoms with Crippen molar-refractivity contribution in [3.8, 4) is 11.4 Å². The fraction of sp³-hybridized carbons (Fsp3) is 0.500. The summed E-state index contributed by atoms with van der Waals surface area (Å²) >= 11 is 0. The van der Waals surface area contributed by atoms with Crippen molar-refractivity contribution in [2.45, 2.75) is 27.2 Å². The van der Waals surface area contributed by atoms with E-state index >= 15 is 0 Å². The summed E-state index contributed by atoms with van der Waals surface area (Å²) in [4.78, 5) is 18.8. The summed E-state index contributed by atoms with van der Waals surface area (Å²) in [6, 6.07) is 7.35. The van der Waals surface area contributed by atoms with E-state index in [1.165, 1.54) is 0 Å². The first-order valence-electron chi connectivity index (χ1n) is 8.16. The third kappa shape index (κ3) is 4.89. The molecule has 24 heavy (non-hydrogen) atoms. The standard InChI is InChI=1S/C18H26N4O2/c1-18(2,3)12-22(10-5-11-23)17(24)15-8-6-14(7-9-15)16-19-13-21(4)20-16/h6-9,13,23H,5,10-12H2,1-4H3. The molecule has 0 fully saturated rings. The van der Waals surface area contributed by atoms with Gasteiger partial charge in [-0.15, -0.1) is 0 Å². The lowest BCUT2D eigenvalue weighted by atomic mass is 9.95. The Kier molecular flexibility index (Phi) is 5.72. The quantitative estimate of drug-likeness (QED) is 0.882. The van der Waals surface area contributed by atoms with Crippen LogP contribution in [0.5, 0.6) is 0 Å². The van der Waals surface area contributed by atoms with Gasteiger partial charge in [0.2, 0.25) is 0 Å². The van der Waals surface area contributed by atoms with Crippen molar-refractivity contribution >= 4 is 5.91 Å². The van der Waals surface area contributed by atoms with Gasteiger partial charge in [-0.25, -0.2) is 4.98 Å². The maximum absolute atomic E-state index is 12.8. The van der Waals surface area contributed by atoms with Crippen molar-refractivity contribution in [3.05, 3.63) is 36.2 Å². The van der Waals surface area contributed by atoms with Crippen LogP contribution >= 0.6 is 0 Å². The lowest BCUT2D eigenvalue weighted by molar-refractivity contribution is 0.0682. The highest BCUT2D eigenvalue weighted by atomic mass is 16.3. The van der Waals surface area contributed by atoms with Gasteiger partial charge in [-0.2, -0.15) is 5.10 Å². The van der Waals surface area contributed by atoms with E-state index in [0.717, 1.165) is 5.56 Å². The number of hydrogen-bond acceptors (Lipinski definition) is 4. The second-order valence-corrected chi connectivity index (χ2v) is 7.18. The smallest absolute Gasteiger partial charge is 0.253 e. The Hall–Kier alpha value is -2.21. The van der Waals surface area contributed by atoms with Crippen molar-refractivity contribution < 1.29 is 9.90 Å². The molecule has 0 aliphatic carbocycles. The molecule has 0 aliphatic heterocycles. The molecule has 0 unspecified atom stereocenters. The Balaban J connectivity index is 2.16. The highest BCUT2D eigenvalue weighted by molar-refractivity contribution is 5.94. The van der Waals surface area contributed by atoms with Gasteiger partial charge in [0.05, 0.1) is 0 Å². The van der Waals surface area contributed by atoms with Gasteiger partial charge in [-0.3, -0.25) is 9.48 Å². The minimum absolute atomic E-state index is 0.00291. The van der Waals surface area contributed by atoms with Crippen LogP contribution in [0, 0.1) is 5.41 Å². The Morgan fingerprint density at radius 2 is 1.92 bits per heavy atom. The van der Waals surface area contributed by atoms with Crippen molar-refractivity contribution in [2.75, 3.05) is 19.7 Å². The second-order valence-electron chi connectivity index (χ2n) is 7.18. The van der Waals surface area contributed by atoms with E-state index in [2.05, 4.69) is 30.9 Å². The van der Waals surface area contributed by atoms with Crippen LogP contribution in [0.15, 0.2) is 30.6 Å². The lowest BCUT2D eigenvalue weighted by Gasteiger charge is -2.30. The highest BCUT2D eigenvalue weighted by Gasteiger charge is 2.22. The third-order valence-electron chi connectivity index (χ3n) is 3.53. The van der Waals surface area contributed by atoms with Crippen molar-refractivity contribution in [2.24, 2.45) is 12.5 Å². The highest BCUT2D eigenvalue weighted by Crippen LogP contribution is 2.19. The Morgan fingerprint density at radius 1 is 1.25 bits per heavy atom. The topological polar surface area (TPSA) is 71.2 Å². The normalized spacial score (nSPS) is 11.5. The predicted molar refractivity (Wildman–Crippen MR) is 93.5 cm³/mol. The molecular formula is C18H26N4O2. The van der Waals surface area contributed by atoms with Gasteiger partial charge in [0, 0.05) is 37.9 Å². The first-order valence-corrected chi connectivity index (χ1v) is 8.16. The van der Waals surface area contributed by atoms with E-state index in [1.807, 2.05) is 36.2 Å². The molecule has 1 heterocycles. The molecule has 0 aliphatic rings. The Labute approximate surface area is 143 Å². The number of carbonyl (C=O) groups excluding carboxylic acids is 1. The summed E-state index contributed by atoms with van der Waals surface area (Å²) in [5.74, 6) is 0.627. The van der Waals surface area contributed by atoms with Gasteiger partial charge in [0.1, 0.15) is 6.33 Å². The molecule has 1 N–H and O–H groups in total. The van der Waals surface area contributed by atoms with E-state index in [9.17, 15) is 4.79 Å². The molecule has 0 bridgehead atoms. The molecule has 0 spiro atoms. The molecule has 0 saturated heterocycles. The minimum atomic E-state index is -0.0149. The second kappa shape index (κ2) is 7.57. The molecular weight excluding hydrogens is 304 g/mol. The van der Waals surface area contributed by atoms with E-state index in [1.54, 1.807) is 11.0 Å². The molecule has 0 saturated carbocycles. The van der Waals surface area contributed by atoms with Gasteiger partial charge in [-0.1, -0.05) is 32.9 Å². The summed E-state index contributed by atoms with van der Waals surface area (Å²) < 4.78 is 1.65. The number of aryl methyl sites for hydroxylation is 1. The molecule has 1 aromatic heterocycles. The number of aromatic nitrogens is 3. The zero-order chi connectivity index (χ0) is 17.7. The predicted octanol–water partition coefficient (Wildman–Crippen LogP) is 2.35. The first kappa shape index (κ1) is 18.1. The molecule has 6 heteroatoms. The van der Waals surface area contributed by atoms with E-state index in [0.29, 0.717) is 30.9 Å². The maximum Gasteiger partial charge on any atom is 0.253 e. The largest absolute Gasteiger partial charge is 0.396 e. The average molecular weight is 330 g/mol. The number of aliphatic hydroxyl groups excluding tert-OH is 1. The fourth-order valence-corrected chi connectivity index (χ4v) is 2.50. The van der Waals surface area contributed by atoms with Gasteiger partial charge >= 0.3 is 0 Å². The van der Waals surface area contributed by atoms with Gasteiger partial charge in [0.15, 0.2) is 5.82 Å². The summed E-state index contributed by atoms with van der Waals surface area (Å²) in [5, 5.41) is 13.3. The first-order chi connectivity index (χ1) is 11.3. The third-order valence-corrected chi connectivity index (χ3v) is 3.53. The van der Waals surface area contributed by atoms with Crippen molar-refractivity contribution in [3.63, 3.8) is 0 Å². The van der Waals surface area contributed by atoms with Crippen LogP contribution in [0.2, 0.25) is 0 Å². The molecule has 2 rings (SSSR count). The maximum atomic E-state index is 12.8. The Morgan fingerprint density at radius 3 is 2.42 bits per heavy atom.